The van der Waals surface area contributed by atoms with Gasteiger partial charge in [-0.1, -0.05) is 29.8 Å². The Hall–Kier alpha value is -4.19. The third-order valence-corrected chi connectivity index (χ3v) is 9.04. The number of hydrogen-bond acceptors (Lipinski definition) is 9. The molecule has 12 heteroatoms. The first kappa shape index (κ1) is 29.3. The van der Waals surface area contributed by atoms with Gasteiger partial charge in [-0.3, -0.25) is 24.1 Å². The lowest BCUT2D eigenvalue weighted by Gasteiger charge is -2.45. The highest BCUT2D eigenvalue weighted by Crippen LogP contribution is 2.52. The molecule has 0 radical (unpaired) electrons. The lowest BCUT2D eigenvalue weighted by atomic mass is 9.60. The van der Waals surface area contributed by atoms with Crippen molar-refractivity contribution in [2.75, 3.05) is 12.4 Å². The molecule has 3 aliphatic rings. The van der Waals surface area contributed by atoms with Crippen LogP contribution in [0.5, 0.6) is 5.75 Å². The molecule has 4 atom stereocenters. The Morgan fingerprint density at radius 2 is 1.83 bits per heavy atom. The quantitative estimate of drug-likeness (QED) is 0.273. The van der Waals surface area contributed by atoms with Crippen LogP contribution >= 0.6 is 11.6 Å². The minimum absolute atomic E-state index is 0.000821. The molecule has 0 aromatic heterocycles. The van der Waals surface area contributed by atoms with Crippen molar-refractivity contribution < 1.29 is 39.6 Å². The zero-order valence-electron chi connectivity index (χ0n) is 22.8. The Labute approximate surface area is 245 Å². The van der Waals surface area contributed by atoms with Crippen molar-refractivity contribution in [2.24, 2.45) is 17.6 Å². The van der Waals surface area contributed by atoms with E-state index in [1.165, 1.54) is 6.07 Å². The minimum atomic E-state index is -2.63. The van der Waals surface area contributed by atoms with E-state index in [2.05, 4.69) is 5.32 Å². The molecule has 7 N–H and O–H groups in total. The van der Waals surface area contributed by atoms with Gasteiger partial charge in [-0.2, -0.15) is 0 Å². The molecule has 1 unspecified atom stereocenters. The van der Waals surface area contributed by atoms with E-state index in [0.717, 1.165) is 0 Å². The Morgan fingerprint density at radius 1 is 1.17 bits per heavy atom. The summed E-state index contributed by atoms with van der Waals surface area (Å²) < 4.78 is 0. The third-order valence-electron chi connectivity index (χ3n) is 8.57. The van der Waals surface area contributed by atoms with Gasteiger partial charge in [0.25, 0.3) is 5.91 Å². The summed E-state index contributed by atoms with van der Waals surface area (Å²) in [4.78, 5) is 53.1. The fraction of sp³-hybridized carbons (Fsp3) is 0.333. The number of aliphatic hydroxyl groups is 3. The van der Waals surface area contributed by atoms with Gasteiger partial charge in [0, 0.05) is 35.2 Å². The average molecular weight is 596 g/mol. The maximum Gasteiger partial charge on any atom is 0.255 e. The highest BCUT2D eigenvalue weighted by molar-refractivity contribution is 6.33. The fourth-order valence-corrected chi connectivity index (χ4v) is 6.50. The van der Waals surface area contributed by atoms with Crippen LogP contribution in [0.2, 0.25) is 5.02 Å². The number of primary amides is 1. The smallest absolute Gasteiger partial charge is 0.255 e. The van der Waals surface area contributed by atoms with Gasteiger partial charge < -0.3 is 31.5 Å². The standard InChI is InChI=1S/C30H30ClN3O8/c1-13(29(41)33-17-6-4-3-5-7-17)34(2)12-15-10-19(35)22-18(24(15)31)9-14-8-16-11-20(36)23(28(32)40)27(39)30(16,42)26(38)21(14)25(22)37/h3-7,10,13-14,16,35-36,38,42H,8-9,11-12H2,1-2H3,(H2,32,40)(H,33,41)/t13-,14?,16+,30+/m1/s1. The van der Waals surface area contributed by atoms with Crippen LogP contribution in [0, 0.1) is 11.8 Å². The second kappa shape index (κ2) is 10.6. The van der Waals surface area contributed by atoms with Crippen LogP contribution < -0.4 is 11.1 Å². The molecule has 2 aromatic rings. The van der Waals surface area contributed by atoms with Crippen molar-refractivity contribution >= 4 is 40.7 Å². The van der Waals surface area contributed by atoms with Gasteiger partial charge in [-0.05, 0) is 62.1 Å². The van der Waals surface area contributed by atoms with Crippen LogP contribution in [0.3, 0.4) is 0 Å². The Balaban J connectivity index is 1.46. The van der Waals surface area contributed by atoms with Crippen molar-refractivity contribution in [3.05, 3.63) is 80.8 Å². The monoisotopic (exact) mass is 595 g/mol. The van der Waals surface area contributed by atoms with Crippen molar-refractivity contribution in [1.29, 1.82) is 0 Å². The van der Waals surface area contributed by atoms with Gasteiger partial charge in [-0.25, -0.2) is 0 Å². The molecule has 2 aromatic carbocycles. The summed E-state index contributed by atoms with van der Waals surface area (Å²) in [5.74, 6) is -7.28. The highest BCUT2D eigenvalue weighted by atomic mass is 35.5. The second-order valence-corrected chi connectivity index (χ2v) is 11.5. The first-order valence-corrected chi connectivity index (χ1v) is 13.7. The minimum Gasteiger partial charge on any atom is -0.511 e. The number of nitrogens with one attached hydrogen (secondary N) is 1. The van der Waals surface area contributed by atoms with Crippen molar-refractivity contribution in [3.63, 3.8) is 0 Å². The topological polar surface area (TPSA) is 190 Å². The van der Waals surface area contributed by atoms with Crippen LogP contribution in [0.15, 0.2) is 59.1 Å². The maximum absolute atomic E-state index is 13.7. The van der Waals surface area contributed by atoms with E-state index in [9.17, 15) is 39.6 Å². The number of phenols is 1. The van der Waals surface area contributed by atoms with Gasteiger partial charge >= 0.3 is 0 Å². The Kier molecular flexibility index (Phi) is 7.38. The summed E-state index contributed by atoms with van der Waals surface area (Å²) in [5.41, 5.74) is 2.78. The van der Waals surface area contributed by atoms with Crippen molar-refractivity contribution in [2.45, 2.75) is 44.4 Å². The van der Waals surface area contributed by atoms with E-state index in [-0.39, 0.29) is 47.9 Å². The number of anilines is 1. The largest absolute Gasteiger partial charge is 0.511 e. The number of para-hydroxylation sites is 1. The number of nitrogens with two attached hydrogens (primary N) is 1. The zero-order valence-corrected chi connectivity index (χ0v) is 23.6. The van der Waals surface area contributed by atoms with Crippen LogP contribution in [0.4, 0.5) is 5.69 Å². The highest BCUT2D eigenvalue weighted by Gasteiger charge is 2.59. The van der Waals surface area contributed by atoms with Crippen LogP contribution in [-0.4, -0.2) is 67.4 Å². The van der Waals surface area contributed by atoms with Crippen LogP contribution in [-0.2, 0) is 27.3 Å². The maximum atomic E-state index is 13.7. The second-order valence-electron chi connectivity index (χ2n) is 11.1. The van der Waals surface area contributed by atoms with Gasteiger partial charge in [-0.15, -0.1) is 0 Å². The summed E-state index contributed by atoms with van der Waals surface area (Å²) in [5, 5.41) is 46.8. The molecule has 0 saturated heterocycles. The number of likely N-dealkylation sites (N-methyl/N-ethyl adjacent to an activating group) is 1. The molecule has 0 aliphatic heterocycles. The zero-order chi connectivity index (χ0) is 30.7. The number of carbonyl (C=O) groups is 4. The summed E-state index contributed by atoms with van der Waals surface area (Å²) in [6.45, 7) is 1.87. The summed E-state index contributed by atoms with van der Waals surface area (Å²) >= 11 is 6.78. The predicted octanol–water partition coefficient (Wildman–Crippen LogP) is 2.69. The number of fused-ring (bicyclic) bond motifs is 3. The first-order valence-electron chi connectivity index (χ1n) is 13.3. The van der Waals surface area contributed by atoms with E-state index in [1.807, 2.05) is 6.07 Å². The van der Waals surface area contributed by atoms with E-state index in [1.54, 1.807) is 43.1 Å². The average Bonchev–Trinajstić information content (AvgIpc) is 2.93. The number of phenolic OH excluding ortho intramolecular Hbond substituents is 1. The molecule has 0 heterocycles. The molecule has 3 aliphatic carbocycles. The number of benzene rings is 2. The van der Waals surface area contributed by atoms with Gasteiger partial charge in [0.15, 0.2) is 11.4 Å². The van der Waals surface area contributed by atoms with Crippen LogP contribution in [0.1, 0.15) is 41.3 Å². The molecular formula is C30H30ClN3O8. The molecule has 42 heavy (non-hydrogen) atoms. The van der Waals surface area contributed by atoms with Crippen molar-refractivity contribution in [3.8, 4) is 5.75 Å². The predicted molar refractivity (Wildman–Crippen MR) is 152 cm³/mol. The third kappa shape index (κ3) is 4.54. The molecule has 0 fully saturated rings. The van der Waals surface area contributed by atoms with Gasteiger partial charge in [0.2, 0.25) is 11.7 Å². The molecule has 0 saturated carbocycles. The number of Topliss-reactive ketones (excluding diaryl/α,β-unsaturated/α-hetero) is 2. The number of halogens is 1. The number of amides is 2. The molecule has 220 valence electrons. The molecule has 0 bridgehead atoms. The lowest BCUT2D eigenvalue weighted by Crippen LogP contribution is -2.57. The summed E-state index contributed by atoms with van der Waals surface area (Å²) in [6, 6.07) is 9.71. The van der Waals surface area contributed by atoms with E-state index in [0.29, 0.717) is 16.8 Å². The molecule has 2 amide bonds. The van der Waals surface area contributed by atoms with Crippen LogP contribution in [0.25, 0.3) is 0 Å². The number of aliphatic hydroxyl groups excluding tert-OH is 2. The molecular weight excluding hydrogens is 566 g/mol. The number of hydrogen-bond donors (Lipinski definition) is 6. The number of allylic oxidation sites excluding steroid dienone is 2. The lowest BCUT2D eigenvalue weighted by molar-refractivity contribution is -0.144. The van der Waals surface area contributed by atoms with Gasteiger partial charge in [0.1, 0.15) is 22.8 Å². The first-order chi connectivity index (χ1) is 19.8. The summed E-state index contributed by atoms with van der Waals surface area (Å²) in [7, 11) is 1.72. The number of nitrogens with zero attached hydrogens (tertiary/aromatic N) is 1. The fourth-order valence-electron chi connectivity index (χ4n) is 6.21. The van der Waals surface area contributed by atoms with Gasteiger partial charge in [0.05, 0.1) is 11.6 Å². The van der Waals surface area contributed by atoms with E-state index >= 15 is 0 Å². The summed E-state index contributed by atoms with van der Waals surface area (Å²) in [6.07, 6.45) is -0.231. The SMILES string of the molecule is C[C@H](C(=O)Nc1ccccc1)N(C)Cc1cc(O)c2c(c1Cl)CC1C[C@H]3CC(O)=C(C(N)=O)C(=O)[C@@]3(O)C(O)=C1C2=O. The Morgan fingerprint density at radius 3 is 2.48 bits per heavy atom. The van der Waals surface area contributed by atoms with E-state index < -0.39 is 63.8 Å². The number of aromatic hydroxyl groups is 1. The Bertz CT molecular complexity index is 1600. The molecule has 5 rings (SSSR count). The van der Waals surface area contributed by atoms with E-state index in [4.69, 9.17) is 17.3 Å². The molecule has 11 nitrogen and oxygen atoms in total. The molecule has 0 spiro atoms. The number of rotatable bonds is 6. The number of ketones is 2. The normalized spacial score (nSPS) is 24.2. The number of carbonyl (C=O) groups excluding carboxylic acids is 4. The van der Waals surface area contributed by atoms with Crippen molar-refractivity contribution in [1.82, 2.24) is 4.90 Å².